The monoisotopic (exact) mass is 458 g/mol. The van der Waals surface area contributed by atoms with Crippen molar-refractivity contribution in [2.75, 3.05) is 19.6 Å². The average molecular weight is 459 g/mol. The molecule has 0 radical (unpaired) electrons. The van der Waals surface area contributed by atoms with Crippen molar-refractivity contribution in [3.63, 3.8) is 0 Å². The maximum absolute atomic E-state index is 13.1. The van der Waals surface area contributed by atoms with Crippen molar-refractivity contribution >= 4 is 21.6 Å². The van der Waals surface area contributed by atoms with Gasteiger partial charge in [0.05, 0.1) is 6.33 Å². The standard InChI is InChI=1S/C23H27ClN4O2S/c1-27-16-23(26-17-27)31(29,30)28-14-21(19-9-3-2-4-10-19)22(15-28)25-12-6-8-18-7-5-11-20(24)13-18/h2-5,7,9-11,13,16-17,21-22,25H,6,8,12,14-15H2,1H3/t21-,22+/m1/s1. The van der Waals surface area contributed by atoms with E-state index < -0.39 is 10.0 Å². The summed E-state index contributed by atoms with van der Waals surface area (Å²) in [6.45, 7) is 1.67. The zero-order valence-electron chi connectivity index (χ0n) is 17.5. The van der Waals surface area contributed by atoms with E-state index in [0.717, 1.165) is 30.0 Å². The maximum Gasteiger partial charge on any atom is 0.262 e. The Balaban J connectivity index is 1.45. The summed E-state index contributed by atoms with van der Waals surface area (Å²) < 4.78 is 29.5. The van der Waals surface area contributed by atoms with Crippen LogP contribution < -0.4 is 5.32 Å². The number of nitrogens with zero attached hydrogens (tertiary/aromatic N) is 3. The lowest BCUT2D eigenvalue weighted by molar-refractivity contribution is 0.453. The van der Waals surface area contributed by atoms with Crippen LogP contribution in [0.3, 0.4) is 0 Å². The third-order valence-corrected chi connectivity index (χ3v) is 7.69. The number of hydrogen-bond donors (Lipinski definition) is 1. The van der Waals surface area contributed by atoms with Gasteiger partial charge in [0.2, 0.25) is 0 Å². The van der Waals surface area contributed by atoms with Crippen LogP contribution in [-0.4, -0.2) is 48.0 Å². The van der Waals surface area contributed by atoms with E-state index in [1.165, 1.54) is 11.9 Å². The number of hydrogen-bond acceptors (Lipinski definition) is 4. The lowest BCUT2D eigenvalue weighted by Gasteiger charge is -2.20. The molecule has 1 aromatic heterocycles. The fraction of sp³-hybridized carbons (Fsp3) is 0.348. The molecule has 1 aliphatic heterocycles. The third-order valence-electron chi connectivity index (χ3n) is 5.74. The first-order valence-electron chi connectivity index (χ1n) is 10.4. The molecule has 2 atom stereocenters. The number of benzene rings is 2. The lowest BCUT2D eigenvalue weighted by atomic mass is 9.94. The molecule has 4 rings (SSSR count). The second-order valence-corrected chi connectivity index (χ2v) is 10.3. The molecule has 3 aromatic rings. The first-order chi connectivity index (χ1) is 14.9. The molecule has 0 aliphatic carbocycles. The molecule has 2 aromatic carbocycles. The highest BCUT2D eigenvalue weighted by Crippen LogP contribution is 2.31. The minimum atomic E-state index is -3.62. The number of aryl methyl sites for hydroxylation is 2. The minimum absolute atomic E-state index is 0.0419. The molecule has 0 unspecified atom stereocenters. The van der Waals surface area contributed by atoms with E-state index in [4.69, 9.17) is 11.6 Å². The molecule has 164 valence electrons. The average Bonchev–Trinajstić information content (AvgIpc) is 3.39. The fourth-order valence-electron chi connectivity index (χ4n) is 4.14. The Kier molecular flexibility index (Phi) is 6.77. The molecule has 1 fully saturated rings. The lowest BCUT2D eigenvalue weighted by Crippen LogP contribution is -2.37. The third kappa shape index (κ3) is 5.18. The highest BCUT2D eigenvalue weighted by atomic mass is 35.5. The van der Waals surface area contributed by atoms with E-state index >= 15 is 0 Å². The van der Waals surface area contributed by atoms with Crippen LogP contribution >= 0.6 is 11.6 Å². The highest BCUT2D eigenvalue weighted by molar-refractivity contribution is 7.89. The molecular formula is C23H27ClN4O2S. The highest BCUT2D eigenvalue weighted by Gasteiger charge is 2.40. The van der Waals surface area contributed by atoms with Crippen LogP contribution in [0.25, 0.3) is 0 Å². The van der Waals surface area contributed by atoms with Crippen LogP contribution in [0, 0.1) is 0 Å². The van der Waals surface area contributed by atoms with Gasteiger partial charge in [0.1, 0.15) is 0 Å². The van der Waals surface area contributed by atoms with Crippen LogP contribution in [-0.2, 0) is 23.5 Å². The summed E-state index contributed by atoms with van der Waals surface area (Å²) in [5.74, 6) is 0.0888. The Hall–Kier alpha value is -2.19. The summed E-state index contributed by atoms with van der Waals surface area (Å²) in [7, 11) is -1.85. The zero-order valence-corrected chi connectivity index (χ0v) is 19.1. The van der Waals surface area contributed by atoms with Gasteiger partial charge < -0.3 is 9.88 Å². The fourth-order valence-corrected chi connectivity index (χ4v) is 5.81. The Morgan fingerprint density at radius 1 is 1.13 bits per heavy atom. The number of aromatic nitrogens is 2. The number of rotatable bonds is 8. The van der Waals surface area contributed by atoms with Crippen LogP contribution in [0.4, 0.5) is 0 Å². The predicted molar refractivity (Wildman–Crippen MR) is 123 cm³/mol. The van der Waals surface area contributed by atoms with Crippen molar-refractivity contribution in [1.29, 1.82) is 0 Å². The van der Waals surface area contributed by atoms with E-state index in [9.17, 15) is 8.42 Å². The zero-order chi connectivity index (χ0) is 21.8. The van der Waals surface area contributed by atoms with E-state index in [2.05, 4.69) is 28.5 Å². The van der Waals surface area contributed by atoms with Gasteiger partial charge in [-0.15, -0.1) is 0 Å². The largest absolute Gasteiger partial charge is 0.339 e. The molecule has 2 heterocycles. The smallest absolute Gasteiger partial charge is 0.262 e. The molecule has 1 N–H and O–H groups in total. The van der Waals surface area contributed by atoms with Crippen LogP contribution in [0.2, 0.25) is 5.02 Å². The van der Waals surface area contributed by atoms with Crippen molar-refractivity contribution in [1.82, 2.24) is 19.2 Å². The van der Waals surface area contributed by atoms with Crippen molar-refractivity contribution in [3.8, 4) is 0 Å². The van der Waals surface area contributed by atoms with Crippen molar-refractivity contribution < 1.29 is 8.42 Å². The molecule has 6 nitrogen and oxygen atoms in total. The summed E-state index contributed by atoms with van der Waals surface area (Å²) in [4.78, 5) is 4.07. The Bertz CT molecular complexity index is 1120. The minimum Gasteiger partial charge on any atom is -0.339 e. The number of halogens is 1. The van der Waals surface area contributed by atoms with Gasteiger partial charge in [0, 0.05) is 43.3 Å². The Morgan fingerprint density at radius 3 is 2.65 bits per heavy atom. The van der Waals surface area contributed by atoms with Crippen molar-refractivity contribution in [2.24, 2.45) is 7.05 Å². The van der Waals surface area contributed by atoms with E-state index in [0.29, 0.717) is 13.1 Å². The normalized spacial score (nSPS) is 19.7. The Morgan fingerprint density at radius 2 is 1.94 bits per heavy atom. The molecule has 0 spiro atoms. The first kappa shape index (κ1) is 22.0. The van der Waals surface area contributed by atoms with E-state index in [-0.39, 0.29) is 17.0 Å². The maximum atomic E-state index is 13.1. The van der Waals surface area contributed by atoms with Crippen LogP contribution in [0.1, 0.15) is 23.5 Å². The molecule has 1 saturated heterocycles. The summed E-state index contributed by atoms with van der Waals surface area (Å²) >= 11 is 6.07. The number of imidazole rings is 1. The second kappa shape index (κ2) is 9.53. The topological polar surface area (TPSA) is 67.2 Å². The van der Waals surface area contributed by atoms with E-state index in [1.54, 1.807) is 22.1 Å². The van der Waals surface area contributed by atoms with Gasteiger partial charge in [-0.1, -0.05) is 54.1 Å². The van der Waals surface area contributed by atoms with Gasteiger partial charge in [-0.05, 0) is 42.6 Å². The summed E-state index contributed by atoms with van der Waals surface area (Å²) in [6, 6.07) is 18.1. The molecule has 0 amide bonds. The Labute approximate surface area is 188 Å². The number of nitrogens with one attached hydrogen (secondary N) is 1. The van der Waals surface area contributed by atoms with Crippen LogP contribution in [0.15, 0.2) is 72.1 Å². The molecule has 0 saturated carbocycles. The summed E-state index contributed by atoms with van der Waals surface area (Å²) in [5, 5.41) is 4.46. The molecule has 31 heavy (non-hydrogen) atoms. The van der Waals surface area contributed by atoms with Gasteiger partial charge in [-0.2, -0.15) is 4.31 Å². The SMILES string of the molecule is Cn1cnc(S(=O)(=O)N2C[C@H](NCCCc3cccc(Cl)c3)[C@@H](c3ccccc3)C2)c1. The molecule has 1 aliphatic rings. The summed E-state index contributed by atoms with van der Waals surface area (Å²) in [6.07, 6.45) is 4.94. The molecular weight excluding hydrogens is 432 g/mol. The van der Waals surface area contributed by atoms with Gasteiger partial charge in [-0.3, -0.25) is 0 Å². The first-order valence-corrected chi connectivity index (χ1v) is 12.3. The quantitative estimate of drug-likeness (QED) is 0.525. The van der Waals surface area contributed by atoms with Gasteiger partial charge in [0.25, 0.3) is 10.0 Å². The predicted octanol–water partition coefficient (Wildman–Crippen LogP) is 3.45. The van der Waals surface area contributed by atoms with Gasteiger partial charge in [0.15, 0.2) is 5.03 Å². The molecule has 0 bridgehead atoms. The van der Waals surface area contributed by atoms with Crippen molar-refractivity contribution in [2.45, 2.75) is 29.8 Å². The summed E-state index contributed by atoms with van der Waals surface area (Å²) in [5.41, 5.74) is 2.35. The van der Waals surface area contributed by atoms with Gasteiger partial charge >= 0.3 is 0 Å². The van der Waals surface area contributed by atoms with Crippen molar-refractivity contribution in [3.05, 3.63) is 83.3 Å². The van der Waals surface area contributed by atoms with Gasteiger partial charge in [-0.25, -0.2) is 13.4 Å². The second-order valence-electron chi connectivity index (χ2n) is 8.01. The molecule has 8 heteroatoms. The van der Waals surface area contributed by atoms with Crippen LogP contribution in [0.5, 0.6) is 0 Å². The number of sulfonamides is 1. The van der Waals surface area contributed by atoms with E-state index in [1.807, 2.05) is 36.4 Å².